The number of halogens is 2. The van der Waals surface area contributed by atoms with Crippen LogP contribution in [0.15, 0.2) is 71.1 Å². The lowest BCUT2D eigenvalue weighted by molar-refractivity contribution is 0.102. The van der Waals surface area contributed by atoms with Crippen molar-refractivity contribution in [2.75, 3.05) is 5.32 Å². The van der Waals surface area contributed by atoms with Gasteiger partial charge < -0.3 is 9.73 Å². The minimum absolute atomic E-state index is 0.286. The fraction of sp³-hybridized carbons (Fsp3) is 0. The molecule has 4 rings (SSSR count). The second-order valence-electron chi connectivity index (χ2n) is 5.61. The van der Waals surface area contributed by atoms with Gasteiger partial charge >= 0.3 is 0 Å². The number of rotatable bonds is 3. The number of aromatic nitrogens is 1. The maximum Gasteiger partial charge on any atom is 0.257 e. The number of nitrogens with one attached hydrogen (secondary N) is 1. The van der Waals surface area contributed by atoms with Crippen LogP contribution in [0.4, 0.5) is 5.69 Å². The Balaban J connectivity index is 1.70. The third kappa shape index (κ3) is 3.17. The molecule has 6 heteroatoms. The molecule has 0 aliphatic rings. The van der Waals surface area contributed by atoms with Crippen LogP contribution in [0.5, 0.6) is 0 Å². The van der Waals surface area contributed by atoms with Crippen LogP contribution in [0.2, 0.25) is 10.0 Å². The summed E-state index contributed by atoms with van der Waals surface area (Å²) in [4.78, 5) is 17.1. The Morgan fingerprint density at radius 3 is 2.54 bits per heavy atom. The third-order valence-electron chi connectivity index (χ3n) is 3.88. The van der Waals surface area contributed by atoms with Gasteiger partial charge in [0.15, 0.2) is 5.58 Å². The lowest BCUT2D eigenvalue weighted by Crippen LogP contribution is -2.13. The summed E-state index contributed by atoms with van der Waals surface area (Å²) >= 11 is 12.0. The number of fused-ring (bicyclic) bond motifs is 1. The predicted octanol–water partition coefficient (Wildman–Crippen LogP) is 6.05. The van der Waals surface area contributed by atoms with Gasteiger partial charge in [-0.05, 0) is 42.5 Å². The van der Waals surface area contributed by atoms with Crippen molar-refractivity contribution >= 4 is 45.9 Å². The van der Waals surface area contributed by atoms with Crippen molar-refractivity contribution in [2.45, 2.75) is 0 Å². The normalized spacial score (nSPS) is 10.8. The summed E-state index contributed by atoms with van der Waals surface area (Å²) < 4.78 is 5.82. The highest BCUT2D eigenvalue weighted by Crippen LogP contribution is 2.31. The first-order valence-electron chi connectivity index (χ1n) is 7.83. The smallest absolute Gasteiger partial charge is 0.257 e. The highest BCUT2D eigenvalue weighted by molar-refractivity contribution is 6.37. The maximum atomic E-state index is 12.6. The van der Waals surface area contributed by atoms with E-state index in [4.69, 9.17) is 27.6 Å². The van der Waals surface area contributed by atoms with Crippen LogP contribution in [0, 0.1) is 0 Å². The van der Waals surface area contributed by atoms with Crippen LogP contribution in [-0.2, 0) is 0 Å². The summed E-state index contributed by atoms with van der Waals surface area (Å²) in [6.07, 6.45) is 0. The van der Waals surface area contributed by atoms with Crippen LogP contribution in [0.1, 0.15) is 10.4 Å². The van der Waals surface area contributed by atoms with Gasteiger partial charge in [0, 0.05) is 5.02 Å². The van der Waals surface area contributed by atoms with Crippen molar-refractivity contribution in [3.05, 3.63) is 82.3 Å². The first-order valence-corrected chi connectivity index (χ1v) is 8.59. The summed E-state index contributed by atoms with van der Waals surface area (Å²) in [6, 6.07) is 19.5. The number of benzene rings is 3. The molecule has 128 valence electrons. The van der Waals surface area contributed by atoms with Gasteiger partial charge in [0.05, 0.1) is 21.8 Å². The van der Waals surface area contributed by atoms with E-state index in [1.54, 1.807) is 18.2 Å². The van der Waals surface area contributed by atoms with Gasteiger partial charge in [-0.25, -0.2) is 4.98 Å². The molecule has 0 saturated carbocycles. The monoisotopic (exact) mass is 382 g/mol. The van der Waals surface area contributed by atoms with Crippen LogP contribution in [0.25, 0.3) is 22.6 Å². The molecule has 0 atom stereocenters. The van der Waals surface area contributed by atoms with E-state index in [0.717, 1.165) is 5.52 Å². The molecule has 3 aromatic carbocycles. The van der Waals surface area contributed by atoms with Crippen molar-refractivity contribution in [2.24, 2.45) is 0 Å². The summed E-state index contributed by atoms with van der Waals surface area (Å²) in [5.74, 6) is 0.0968. The summed E-state index contributed by atoms with van der Waals surface area (Å²) in [5.41, 5.74) is 3.04. The predicted molar refractivity (Wildman–Crippen MR) is 104 cm³/mol. The molecule has 0 bridgehead atoms. The van der Waals surface area contributed by atoms with Gasteiger partial charge in [-0.3, -0.25) is 4.79 Å². The molecule has 1 heterocycles. The number of carbonyl (C=O) groups is 1. The minimum atomic E-state index is -0.338. The first kappa shape index (κ1) is 16.6. The lowest BCUT2D eigenvalue weighted by atomic mass is 10.1. The molecule has 0 spiro atoms. The van der Waals surface area contributed by atoms with Crippen molar-refractivity contribution in [3.63, 3.8) is 0 Å². The molecule has 0 aliphatic heterocycles. The number of hydrogen-bond acceptors (Lipinski definition) is 3. The van der Waals surface area contributed by atoms with E-state index in [1.165, 1.54) is 6.07 Å². The maximum absolute atomic E-state index is 12.6. The standard InChI is InChI=1S/C20H12Cl2N2O2/c21-12-9-10-13(15(22)11-12)19(25)23-16-6-2-1-5-14(16)20-24-17-7-3-4-8-18(17)26-20/h1-11H,(H,23,25). The number of carbonyl (C=O) groups excluding carboxylic acids is 1. The molecule has 4 nitrogen and oxygen atoms in total. The van der Waals surface area contributed by atoms with Crippen molar-refractivity contribution in [1.29, 1.82) is 0 Å². The molecule has 0 aliphatic carbocycles. The molecule has 1 amide bonds. The third-order valence-corrected chi connectivity index (χ3v) is 4.42. The fourth-order valence-corrected chi connectivity index (χ4v) is 3.12. The number of anilines is 1. The second-order valence-corrected chi connectivity index (χ2v) is 6.45. The molecule has 0 unspecified atom stereocenters. The fourth-order valence-electron chi connectivity index (χ4n) is 2.63. The number of oxazole rings is 1. The number of nitrogens with zero attached hydrogens (tertiary/aromatic N) is 1. The number of hydrogen-bond donors (Lipinski definition) is 1. The van der Waals surface area contributed by atoms with E-state index in [1.807, 2.05) is 42.5 Å². The second kappa shape index (κ2) is 6.83. The summed E-state index contributed by atoms with van der Waals surface area (Å²) in [7, 11) is 0. The summed E-state index contributed by atoms with van der Waals surface area (Å²) in [5, 5.41) is 3.62. The molecule has 0 radical (unpaired) electrons. The molecule has 1 aromatic heterocycles. The number of amides is 1. The Bertz CT molecular complexity index is 1090. The number of para-hydroxylation sites is 3. The lowest BCUT2D eigenvalue weighted by Gasteiger charge is -2.10. The van der Waals surface area contributed by atoms with Crippen LogP contribution in [0.3, 0.4) is 0 Å². The minimum Gasteiger partial charge on any atom is -0.436 e. The van der Waals surface area contributed by atoms with Crippen LogP contribution in [-0.4, -0.2) is 10.9 Å². The van der Waals surface area contributed by atoms with E-state index >= 15 is 0 Å². The molecule has 0 fully saturated rings. The molecule has 4 aromatic rings. The van der Waals surface area contributed by atoms with Crippen LogP contribution < -0.4 is 5.32 Å². The zero-order chi connectivity index (χ0) is 18.1. The van der Waals surface area contributed by atoms with E-state index in [9.17, 15) is 4.79 Å². The van der Waals surface area contributed by atoms with Crippen molar-refractivity contribution < 1.29 is 9.21 Å². The van der Waals surface area contributed by atoms with E-state index < -0.39 is 0 Å². The molecular weight excluding hydrogens is 371 g/mol. The zero-order valence-corrected chi connectivity index (χ0v) is 14.9. The quantitative estimate of drug-likeness (QED) is 0.468. The van der Waals surface area contributed by atoms with E-state index in [0.29, 0.717) is 33.3 Å². The summed E-state index contributed by atoms with van der Waals surface area (Å²) in [6.45, 7) is 0. The van der Waals surface area contributed by atoms with Gasteiger partial charge in [-0.1, -0.05) is 47.5 Å². The highest BCUT2D eigenvalue weighted by atomic mass is 35.5. The topological polar surface area (TPSA) is 55.1 Å². The molecule has 0 saturated heterocycles. The van der Waals surface area contributed by atoms with Crippen LogP contribution >= 0.6 is 23.2 Å². The van der Waals surface area contributed by atoms with Gasteiger partial charge in [-0.15, -0.1) is 0 Å². The highest BCUT2D eigenvalue weighted by Gasteiger charge is 2.16. The van der Waals surface area contributed by atoms with E-state index in [2.05, 4.69) is 10.3 Å². The van der Waals surface area contributed by atoms with Gasteiger partial charge in [0.2, 0.25) is 5.89 Å². The van der Waals surface area contributed by atoms with Crippen molar-refractivity contribution in [3.8, 4) is 11.5 Å². The Morgan fingerprint density at radius 2 is 1.73 bits per heavy atom. The Morgan fingerprint density at radius 1 is 0.962 bits per heavy atom. The van der Waals surface area contributed by atoms with Crippen molar-refractivity contribution in [1.82, 2.24) is 4.98 Å². The zero-order valence-electron chi connectivity index (χ0n) is 13.4. The first-order chi connectivity index (χ1) is 12.6. The van der Waals surface area contributed by atoms with Gasteiger partial charge in [0.1, 0.15) is 5.52 Å². The Kier molecular flexibility index (Phi) is 4.37. The van der Waals surface area contributed by atoms with Gasteiger partial charge in [0.25, 0.3) is 5.91 Å². The van der Waals surface area contributed by atoms with E-state index in [-0.39, 0.29) is 10.9 Å². The SMILES string of the molecule is O=C(Nc1ccccc1-c1nc2ccccc2o1)c1ccc(Cl)cc1Cl. The molecule has 1 N–H and O–H groups in total. The average molecular weight is 383 g/mol. The molecular formula is C20H12Cl2N2O2. The van der Waals surface area contributed by atoms with Gasteiger partial charge in [-0.2, -0.15) is 0 Å². The molecule has 26 heavy (non-hydrogen) atoms. The average Bonchev–Trinajstić information content (AvgIpc) is 3.06. The Hall–Kier alpha value is -2.82. The largest absolute Gasteiger partial charge is 0.436 e. The Labute approximate surface area is 159 Å².